The molecule has 6 heteroatoms. The van der Waals surface area contributed by atoms with E-state index in [1.807, 2.05) is 0 Å². The van der Waals surface area contributed by atoms with Crippen molar-refractivity contribution < 1.29 is 18.8 Å². The Hall–Kier alpha value is -2.24. The Kier molecular flexibility index (Phi) is 5.25. The molecule has 0 saturated carbocycles. The first-order valence-electron chi connectivity index (χ1n) is 7.28. The van der Waals surface area contributed by atoms with Gasteiger partial charge >= 0.3 is 0 Å². The van der Waals surface area contributed by atoms with E-state index in [1.165, 1.54) is 13.0 Å². The zero-order valence-corrected chi connectivity index (χ0v) is 12.5. The Morgan fingerprint density at radius 2 is 2.23 bits per heavy atom. The molecule has 1 aromatic rings. The number of nitrogens with one attached hydrogen (secondary N) is 1. The Bertz CT molecular complexity index is 589. The first kappa shape index (κ1) is 16.1. The lowest BCUT2D eigenvalue weighted by atomic mass is 9.89. The quantitative estimate of drug-likeness (QED) is 0.838. The number of hydrogen-bond acceptors (Lipinski definition) is 3. The molecule has 1 aliphatic rings. The second kappa shape index (κ2) is 7.15. The molecule has 1 atom stereocenters. The third-order valence-electron chi connectivity index (χ3n) is 3.81. The maximum atomic E-state index is 14.6. The van der Waals surface area contributed by atoms with Crippen LogP contribution in [-0.2, 0) is 9.59 Å². The molecule has 1 aromatic carbocycles. The molecule has 1 unspecified atom stereocenters. The molecule has 1 N–H and O–H groups in total. The Morgan fingerprint density at radius 3 is 2.91 bits per heavy atom. The number of likely N-dealkylation sites (tertiary alicyclic amines) is 1. The molecule has 0 aromatic heterocycles. The summed E-state index contributed by atoms with van der Waals surface area (Å²) < 4.78 is 14.6. The summed E-state index contributed by atoms with van der Waals surface area (Å²) in [6.07, 6.45) is 2.36. The Morgan fingerprint density at radius 1 is 1.45 bits per heavy atom. The number of ketones is 1. The van der Waals surface area contributed by atoms with Gasteiger partial charge in [0.2, 0.25) is 6.41 Å². The number of carbonyl (C=O) groups is 3. The minimum absolute atomic E-state index is 0.0676. The van der Waals surface area contributed by atoms with E-state index in [2.05, 4.69) is 5.32 Å². The second-order valence-corrected chi connectivity index (χ2v) is 5.53. The smallest absolute Gasteiger partial charge is 0.254 e. The molecule has 1 saturated heterocycles. The standard InChI is InChI=1S/C16H19FN2O3/c1-11(21)8-18-16(22)14-6-2-5-13(15(14)17)12-4-3-7-19(9-12)10-20/h2,5-6,10,12H,3-4,7-9H2,1H3,(H,18,22). The van der Waals surface area contributed by atoms with Crippen molar-refractivity contribution in [1.29, 1.82) is 0 Å². The maximum absolute atomic E-state index is 14.6. The Labute approximate surface area is 128 Å². The molecule has 2 rings (SSSR count). The largest absolute Gasteiger partial charge is 0.345 e. The van der Waals surface area contributed by atoms with Crippen molar-refractivity contribution >= 4 is 18.1 Å². The van der Waals surface area contributed by atoms with Crippen LogP contribution in [0, 0.1) is 5.82 Å². The van der Waals surface area contributed by atoms with E-state index in [4.69, 9.17) is 0 Å². The average molecular weight is 306 g/mol. The molecule has 1 aliphatic heterocycles. The van der Waals surface area contributed by atoms with E-state index in [0.29, 0.717) is 18.7 Å². The van der Waals surface area contributed by atoms with Crippen LogP contribution in [0.3, 0.4) is 0 Å². The molecule has 5 nitrogen and oxygen atoms in total. The summed E-state index contributed by atoms with van der Waals surface area (Å²) in [5, 5.41) is 2.39. The summed E-state index contributed by atoms with van der Waals surface area (Å²) in [6, 6.07) is 4.67. The summed E-state index contributed by atoms with van der Waals surface area (Å²) in [5.41, 5.74) is 0.379. The van der Waals surface area contributed by atoms with Gasteiger partial charge in [0.1, 0.15) is 11.6 Å². The average Bonchev–Trinajstić information content (AvgIpc) is 2.52. The topological polar surface area (TPSA) is 66.5 Å². The van der Waals surface area contributed by atoms with Crippen LogP contribution in [0.5, 0.6) is 0 Å². The van der Waals surface area contributed by atoms with E-state index in [0.717, 1.165) is 19.3 Å². The van der Waals surface area contributed by atoms with Crippen LogP contribution in [0.2, 0.25) is 0 Å². The molecule has 1 heterocycles. The highest BCUT2D eigenvalue weighted by Crippen LogP contribution is 2.29. The number of hydrogen-bond donors (Lipinski definition) is 1. The van der Waals surface area contributed by atoms with Crippen molar-refractivity contribution in [3.05, 3.63) is 35.1 Å². The normalized spacial score (nSPS) is 17.9. The lowest BCUT2D eigenvalue weighted by molar-refractivity contribution is -0.119. The second-order valence-electron chi connectivity index (χ2n) is 5.53. The zero-order chi connectivity index (χ0) is 16.1. The van der Waals surface area contributed by atoms with Crippen LogP contribution < -0.4 is 5.32 Å². The van der Waals surface area contributed by atoms with E-state index < -0.39 is 11.7 Å². The van der Waals surface area contributed by atoms with E-state index in [1.54, 1.807) is 17.0 Å². The van der Waals surface area contributed by atoms with E-state index in [-0.39, 0.29) is 23.8 Å². The molecule has 22 heavy (non-hydrogen) atoms. The highest BCUT2D eigenvalue weighted by atomic mass is 19.1. The van der Waals surface area contributed by atoms with Gasteiger partial charge in [-0.2, -0.15) is 0 Å². The van der Waals surface area contributed by atoms with Gasteiger partial charge < -0.3 is 10.2 Å². The van der Waals surface area contributed by atoms with Crippen LogP contribution in [0.4, 0.5) is 4.39 Å². The van der Waals surface area contributed by atoms with Crippen molar-refractivity contribution in [3.63, 3.8) is 0 Å². The van der Waals surface area contributed by atoms with Crippen molar-refractivity contribution in [3.8, 4) is 0 Å². The van der Waals surface area contributed by atoms with Crippen molar-refractivity contribution in [1.82, 2.24) is 10.2 Å². The molecular weight excluding hydrogens is 287 g/mol. The van der Waals surface area contributed by atoms with Crippen LogP contribution >= 0.6 is 0 Å². The van der Waals surface area contributed by atoms with Gasteiger partial charge in [0.25, 0.3) is 5.91 Å². The highest BCUT2D eigenvalue weighted by molar-refractivity contribution is 5.96. The van der Waals surface area contributed by atoms with Gasteiger partial charge in [-0.05, 0) is 31.4 Å². The number of amides is 2. The van der Waals surface area contributed by atoms with Crippen molar-refractivity contribution in [2.45, 2.75) is 25.7 Å². The van der Waals surface area contributed by atoms with Gasteiger partial charge in [-0.15, -0.1) is 0 Å². The summed E-state index contributed by atoms with van der Waals surface area (Å²) in [6.45, 7) is 2.37. The number of carbonyl (C=O) groups excluding carboxylic acids is 3. The molecule has 2 amide bonds. The number of Topliss-reactive ketones (excluding diaryl/α,β-unsaturated/α-hetero) is 1. The molecule has 0 bridgehead atoms. The zero-order valence-electron chi connectivity index (χ0n) is 12.5. The monoisotopic (exact) mass is 306 g/mol. The molecule has 0 spiro atoms. The molecule has 1 fully saturated rings. The maximum Gasteiger partial charge on any atom is 0.254 e. The summed E-state index contributed by atoms with van der Waals surface area (Å²) >= 11 is 0. The first-order chi connectivity index (χ1) is 10.5. The third-order valence-corrected chi connectivity index (χ3v) is 3.81. The molecule has 118 valence electrons. The number of nitrogens with zero attached hydrogens (tertiary/aromatic N) is 1. The molecule has 0 aliphatic carbocycles. The lowest BCUT2D eigenvalue weighted by Gasteiger charge is -2.30. The number of rotatable bonds is 5. The molecular formula is C16H19FN2O3. The highest BCUT2D eigenvalue weighted by Gasteiger charge is 2.25. The number of piperidine rings is 1. The minimum atomic E-state index is -0.599. The number of benzene rings is 1. The summed E-state index contributed by atoms with van der Waals surface area (Å²) in [4.78, 5) is 35.4. The fraction of sp³-hybridized carbons (Fsp3) is 0.438. The van der Waals surface area contributed by atoms with Gasteiger partial charge in [-0.1, -0.05) is 12.1 Å². The van der Waals surface area contributed by atoms with E-state index >= 15 is 0 Å². The summed E-state index contributed by atoms with van der Waals surface area (Å²) in [5.74, 6) is -1.47. The first-order valence-corrected chi connectivity index (χ1v) is 7.28. The summed E-state index contributed by atoms with van der Waals surface area (Å²) in [7, 11) is 0. The van der Waals surface area contributed by atoms with Crippen LogP contribution in [0.1, 0.15) is 41.6 Å². The predicted octanol–water partition coefficient (Wildman–Crippen LogP) is 1.48. The van der Waals surface area contributed by atoms with Crippen molar-refractivity contribution in [2.24, 2.45) is 0 Å². The Balaban J connectivity index is 2.19. The van der Waals surface area contributed by atoms with Crippen LogP contribution in [-0.4, -0.2) is 42.6 Å². The van der Waals surface area contributed by atoms with Crippen molar-refractivity contribution in [2.75, 3.05) is 19.6 Å². The minimum Gasteiger partial charge on any atom is -0.345 e. The van der Waals surface area contributed by atoms with E-state index in [9.17, 15) is 18.8 Å². The molecule has 0 radical (unpaired) electrons. The predicted molar refractivity (Wildman–Crippen MR) is 79.0 cm³/mol. The van der Waals surface area contributed by atoms with Gasteiger partial charge in [0.15, 0.2) is 0 Å². The van der Waals surface area contributed by atoms with Crippen LogP contribution in [0.15, 0.2) is 18.2 Å². The SMILES string of the molecule is CC(=O)CNC(=O)c1cccc(C2CCCN(C=O)C2)c1F. The van der Waals surface area contributed by atoms with Crippen LogP contribution in [0.25, 0.3) is 0 Å². The fourth-order valence-electron chi connectivity index (χ4n) is 2.70. The van der Waals surface area contributed by atoms with Gasteiger partial charge in [-0.3, -0.25) is 14.4 Å². The lowest BCUT2D eigenvalue weighted by Crippen LogP contribution is -2.34. The third kappa shape index (κ3) is 3.69. The van der Waals surface area contributed by atoms with Gasteiger partial charge in [0.05, 0.1) is 12.1 Å². The fourth-order valence-corrected chi connectivity index (χ4v) is 2.70. The number of halogens is 1. The van der Waals surface area contributed by atoms with Gasteiger partial charge in [-0.25, -0.2) is 4.39 Å². The van der Waals surface area contributed by atoms with Gasteiger partial charge in [0, 0.05) is 19.0 Å².